The summed E-state index contributed by atoms with van der Waals surface area (Å²) in [6, 6.07) is 2.05. The molecule has 150 valence electrons. The normalized spacial score (nSPS) is 16.0. The quantitative estimate of drug-likeness (QED) is 0.541. The Morgan fingerprint density at radius 1 is 1.21 bits per heavy atom. The molecular formula is C16H13ClF3N3O4S. The van der Waals surface area contributed by atoms with Gasteiger partial charge in [0.2, 0.25) is 10.0 Å². The Labute approximate surface area is 163 Å². The fraction of sp³-hybridized carbons (Fsp3) is 0.250. The lowest BCUT2D eigenvalue weighted by atomic mass is 10.2. The molecule has 0 spiro atoms. The van der Waals surface area contributed by atoms with Gasteiger partial charge in [-0.3, -0.25) is 4.79 Å². The largest absolute Gasteiger partial charge is 0.468 e. The number of esters is 1. The monoisotopic (exact) mass is 435 g/mol. The smallest absolute Gasteiger partial charge is 0.325 e. The molecule has 0 saturated carbocycles. The average Bonchev–Trinajstić information content (AvgIpc) is 2.63. The summed E-state index contributed by atoms with van der Waals surface area (Å²) in [6.45, 7) is -1.34. The van der Waals surface area contributed by atoms with Crippen LogP contribution in [0.3, 0.4) is 0 Å². The third kappa shape index (κ3) is 3.77. The van der Waals surface area contributed by atoms with Gasteiger partial charge in [0.05, 0.1) is 18.8 Å². The number of nitrogens with zero attached hydrogens (tertiary/aromatic N) is 3. The number of fused-ring (bicyclic) bond motifs is 1. The van der Waals surface area contributed by atoms with Crippen LogP contribution in [0.5, 0.6) is 0 Å². The number of hydrogen-bond acceptors (Lipinski definition) is 6. The van der Waals surface area contributed by atoms with Crippen LogP contribution in [0.2, 0.25) is 5.02 Å². The molecule has 1 aromatic carbocycles. The number of carbonyl (C=O) groups is 1. The SMILES string of the molecule is COC(=O)CN1CN(Cc2cc(F)c(F)cc2F)S(=O)(=O)c2cc(Cl)cnc21. The summed E-state index contributed by atoms with van der Waals surface area (Å²) in [7, 11) is -3.05. The zero-order valence-corrected chi connectivity index (χ0v) is 15.9. The zero-order valence-electron chi connectivity index (χ0n) is 14.3. The summed E-state index contributed by atoms with van der Waals surface area (Å²) < 4.78 is 71.9. The highest BCUT2D eigenvalue weighted by molar-refractivity contribution is 7.89. The Balaban J connectivity index is 2.05. The van der Waals surface area contributed by atoms with Crippen LogP contribution in [0.15, 0.2) is 29.3 Å². The van der Waals surface area contributed by atoms with E-state index in [-0.39, 0.29) is 27.8 Å². The van der Waals surface area contributed by atoms with Gasteiger partial charge in [0.15, 0.2) is 11.6 Å². The van der Waals surface area contributed by atoms with E-state index in [1.165, 1.54) is 11.1 Å². The van der Waals surface area contributed by atoms with Gasteiger partial charge < -0.3 is 9.64 Å². The minimum atomic E-state index is -4.21. The second kappa shape index (κ2) is 7.57. The number of carbonyl (C=O) groups excluding carboxylic acids is 1. The first-order valence-electron chi connectivity index (χ1n) is 7.74. The first kappa shape index (κ1) is 20.4. The number of ether oxygens (including phenoxy) is 1. The van der Waals surface area contributed by atoms with Gasteiger partial charge in [-0.05, 0) is 12.1 Å². The predicted molar refractivity (Wildman–Crippen MR) is 92.5 cm³/mol. The Kier molecular flexibility index (Phi) is 5.50. The summed E-state index contributed by atoms with van der Waals surface area (Å²) in [5, 5.41) is 0.0289. The molecule has 1 aliphatic rings. The van der Waals surface area contributed by atoms with Crippen molar-refractivity contribution in [2.75, 3.05) is 25.2 Å². The molecule has 0 radical (unpaired) electrons. The standard InChI is InChI=1S/C16H13ClF3N3O4S/c1-27-15(24)7-22-8-23(6-9-2-12(19)13(20)4-11(9)18)28(25,26)14-3-10(17)5-21-16(14)22/h2-5H,6-8H2,1H3. The van der Waals surface area contributed by atoms with Gasteiger partial charge in [0.1, 0.15) is 23.1 Å². The van der Waals surface area contributed by atoms with Gasteiger partial charge in [-0.2, -0.15) is 4.31 Å². The van der Waals surface area contributed by atoms with Crippen LogP contribution < -0.4 is 4.90 Å². The molecule has 0 atom stereocenters. The molecule has 0 N–H and O–H groups in total. The molecule has 12 heteroatoms. The Morgan fingerprint density at radius 2 is 1.89 bits per heavy atom. The van der Waals surface area contributed by atoms with Gasteiger partial charge in [0, 0.05) is 24.4 Å². The first-order chi connectivity index (χ1) is 13.1. The minimum absolute atomic E-state index is 0.0289. The number of anilines is 1. The highest BCUT2D eigenvalue weighted by Gasteiger charge is 2.38. The van der Waals surface area contributed by atoms with Crippen LogP contribution in [0.4, 0.5) is 19.0 Å². The van der Waals surface area contributed by atoms with Crippen LogP contribution >= 0.6 is 11.6 Å². The van der Waals surface area contributed by atoms with Crippen LogP contribution in [0.1, 0.15) is 5.56 Å². The molecule has 3 rings (SSSR count). The number of pyridine rings is 1. The van der Waals surface area contributed by atoms with Gasteiger partial charge in [-0.25, -0.2) is 26.6 Å². The van der Waals surface area contributed by atoms with E-state index in [1.54, 1.807) is 0 Å². The molecule has 0 saturated heterocycles. The summed E-state index contributed by atoms with van der Waals surface area (Å²) in [5.41, 5.74) is -0.376. The summed E-state index contributed by atoms with van der Waals surface area (Å²) in [6.07, 6.45) is 1.21. The van der Waals surface area contributed by atoms with Gasteiger partial charge >= 0.3 is 5.97 Å². The van der Waals surface area contributed by atoms with Crippen LogP contribution in [-0.2, 0) is 26.1 Å². The molecule has 0 fully saturated rings. The molecule has 7 nitrogen and oxygen atoms in total. The highest BCUT2D eigenvalue weighted by atomic mass is 35.5. The lowest BCUT2D eigenvalue weighted by Gasteiger charge is -2.36. The van der Waals surface area contributed by atoms with Crippen molar-refractivity contribution in [3.05, 3.63) is 52.4 Å². The first-order valence-corrected chi connectivity index (χ1v) is 9.56. The van der Waals surface area contributed by atoms with E-state index in [1.807, 2.05) is 0 Å². The number of benzene rings is 1. The van der Waals surface area contributed by atoms with Crippen molar-refractivity contribution in [1.29, 1.82) is 0 Å². The van der Waals surface area contributed by atoms with E-state index in [0.717, 1.165) is 17.5 Å². The van der Waals surface area contributed by atoms with E-state index in [9.17, 15) is 26.4 Å². The summed E-state index contributed by atoms with van der Waals surface area (Å²) >= 11 is 5.85. The van der Waals surface area contributed by atoms with Crippen molar-refractivity contribution in [2.24, 2.45) is 0 Å². The topological polar surface area (TPSA) is 79.8 Å². The third-order valence-electron chi connectivity index (χ3n) is 4.03. The minimum Gasteiger partial charge on any atom is -0.468 e. The van der Waals surface area contributed by atoms with Crippen molar-refractivity contribution < 1.29 is 31.1 Å². The highest BCUT2D eigenvalue weighted by Crippen LogP contribution is 2.34. The van der Waals surface area contributed by atoms with Crippen LogP contribution in [-0.4, -0.2) is 44.0 Å². The predicted octanol–water partition coefficient (Wildman–Crippen LogP) is 2.29. The maximum absolute atomic E-state index is 14.0. The Bertz CT molecular complexity index is 1050. The van der Waals surface area contributed by atoms with E-state index < -0.39 is 46.7 Å². The lowest BCUT2D eigenvalue weighted by Crippen LogP contribution is -2.48. The fourth-order valence-electron chi connectivity index (χ4n) is 2.67. The third-order valence-corrected chi connectivity index (χ3v) is 6.02. The molecule has 1 aromatic heterocycles. The average molecular weight is 436 g/mol. The van der Waals surface area contributed by atoms with Crippen LogP contribution in [0, 0.1) is 17.5 Å². The van der Waals surface area contributed by atoms with Crippen molar-refractivity contribution in [2.45, 2.75) is 11.4 Å². The molecule has 1 aliphatic heterocycles. The Morgan fingerprint density at radius 3 is 2.57 bits per heavy atom. The maximum atomic E-state index is 14.0. The second-order valence-corrected chi connectivity index (χ2v) is 8.21. The summed E-state index contributed by atoms with van der Waals surface area (Å²) in [4.78, 5) is 16.6. The maximum Gasteiger partial charge on any atom is 0.325 e. The van der Waals surface area contributed by atoms with Crippen molar-refractivity contribution >= 4 is 33.4 Å². The van der Waals surface area contributed by atoms with E-state index in [0.29, 0.717) is 12.1 Å². The van der Waals surface area contributed by atoms with Crippen molar-refractivity contribution in [1.82, 2.24) is 9.29 Å². The molecule has 0 bridgehead atoms. The van der Waals surface area contributed by atoms with E-state index >= 15 is 0 Å². The number of rotatable bonds is 4. The molecule has 0 amide bonds. The van der Waals surface area contributed by atoms with E-state index in [4.69, 9.17) is 11.6 Å². The van der Waals surface area contributed by atoms with Gasteiger partial charge in [-0.15, -0.1) is 0 Å². The van der Waals surface area contributed by atoms with Crippen LogP contribution in [0.25, 0.3) is 0 Å². The molecular weight excluding hydrogens is 423 g/mol. The molecule has 0 aliphatic carbocycles. The number of hydrogen-bond donors (Lipinski definition) is 0. The van der Waals surface area contributed by atoms with E-state index in [2.05, 4.69) is 9.72 Å². The van der Waals surface area contributed by atoms with Gasteiger partial charge in [-0.1, -0.05) is 11.6 Å². The number of aromatic nitrogens is 1. The summed E-state index contributed by atoms with van der Waals surface area (Å²) in [5.74, 6) is -4.51. The molecule has 2 heterocycles. The van der Waals surface area contributed by atoms with Gasteiger partial charge in [0.25, 0.3) is 0 Å². The van der Waals surface area contributed by atoms with Crippen molar-refractivity contribution in [3.63, 3.8) is 0 Å². The zero-order chi connectivity index (χ0) is 20.6. The molecule has 28 heavy (non-hydrogen) atoms. The number of sulfonamides is 1. The molecule has 0 unspecified atom stereocenters. The number of methoxy groups -OCH3 is 1. The number of halogens is 4. The lowest BCUT2D eigenvalue weighted by molar-refractivity contribution is -0.139. The Hall–Kier alpha value is -2.37. The fourth-order valence-corrected chi connectivity index (χ4v) is 4.46. The molecule has 2 aromatic rings. The van der Waals surface area contributed by atoms with Crippen molar-refractivity contribution in [3.8, 4) is 0 Å². The second-order valence-electron chi connectivity index (χ2n) is 5.86.